The van der Waals surface area contributed by atoms with E-state index in [0.717, 1.165) is 12.8 Å². The van der Waals surface area contributed by atoms with Gasteiger partial charge in [-0.25, -0.2) is 4.79 Å². The highest BCUT2D eigenvalue weighted by Gasteiger charge is 2.10. The van der Waals surface area contributed by atoms with Crippen LogP contribution in [-0.2, 0) is 4.74 Å². The third-order valence-electron chi connectivity index (χ3n) is 2.87. The van der Waals surface area contributed by atoms with Gasteiger partial charge in [0, 0.05) is 0 Å². The van der Waals surface area contributed by atoms with Crippen molar-refractivity contribution in [3.63, 3.8) is 0 Å². The van der Waals surface area contributed by atoms with Crippen LogP contribution in [0, 0.1) is 5.92 Å². The van der Waals surface area contributed by atoms with Crippen LogP contribution in [0.25, 0.3) is 0 Å². The van der Waals surface area contributed by atoms with E-state index in [2.05, 4.69) is 18.6 Å². The van der Waals surface area contributed by atoms with Crippen molar-refractivity contribution < 1.29 is 14.6 Å². The lowest BCUT2D eigenvalue weighted by Crippen LogP contribution is -2.13. The standard InChI is InChI=1S/C13H26O3/c1-3-5-7-8-10-12(9-6-4-2)11-16-13(14)15/h12H,3-11H2,1-2H3,(H,14,15). The van der Waals surface area contributed by atoms with Crippen LogP contribution in [0.15, 0.2) is 0 Å². The van der Waals surface area contributed by atoms with Gasteiger partial charge in [0.05, 0.1) is 6.61 Å². The molecule has 3 nitrogen and oxygen atoms in total. The molecule has 0 saturated carbocycles. The highest BCUT2D eigenvalue weighted by Crippen LogP contribution is 2.17. The van der Waals surface area contributed by atoms with Crippen LogP contribution in [0.5, 0.6) is 0 Å². The van der Waals surface area contributed by atoms with Crippen molar-refractivity contribution in [3.8, 4) is 0 Å². The molecular formula is C13H26O3. The molecule has 3 heteroatoms. The van der Waals surface area contributed by atoms with Crippen molar-refractivity contribution in [1.82, 2.24) is 0 Å². The van der Waals surface area contributed by atoms with Gasteiger partial charge >= 0.3 is 6.16 Å². The molecule has 1 N–H and O–H groups in total. The van der Waals surface area contributed by atoms with Crippen molar-refractivity contribution in [3.05, 3.63) is 0 Å². The molecule has 0 bridgehead atoms. The largest absolute Gasteiger partial charge is 0.505 e. The minimum atomic E-state index is -1.14. The van der Waals surface area contributed by atoms with Crippen LogP contribution < -0.4 is 0 Å². The van der Waals surface area contributed by atoms with E-state index in [0.29, 0.717) is 12.5 Å². The molecule has 0 aromatic heterocycles. The SMILES string of the molecule is CCCCCCC(CCCC)COC(=O)O. The Morgan fingerprint density at radius 3 is 2.25 bits per heavy atom. The highest BCUT2D eigenvalue weighted by atomic mass is 16.7. The van der Waals surface area contributed by atoms with E-state index >= 15 is 0 Å². The van der Waals surface area contributed by atoms with E-state index in [1.165, 1.54) is 38.5 Å². The van der Waals surface area contributed by atoms with E-state index in [1.807, 2.05) is 0 Å². The number of ether oxygens (including phenoxy) is 1. The van der Waals surface area contributed by atoms with E-state index in [4.69, 9.17) is 5.11 Å². The molecule has 96 valence electrons. The molecule has 0 aromatic rings. The number of hydrogen-bond donors (Lipinski definition) is 1. The summed E-state index contributed by atoms with van der Waals surface area (Å²) in [7, 11) is 0. The van der Waals surface area contributed by atoms with Crippen molar-refractivity contribution >= 4 is 6.16 Å². The Morgan fingerprint density at radius 1 is 1.06 bits per heavy atom. The zero-order valence-electron chi connectivity index (χ0n) is 10.7. The molecule has 0 heterocycles. The van der Waals surface area contributed by atoms with Crippen molar-refractivity contribution in [1.29, 1.82) is 0 Å². The van der Waals surface area contributed by atoms with Crippen LogP contribution in [0.4, 0.5) is 4.79 Å². The van der Waals surface area contributed by atoms with E-state index < -0.39 is 6.16 Å². The van der Waals surface area contributed by atoms with Gasteiger partial charge in [-0.3, -0.25) is 0 Å². The lowest BCUT2D eigenvalue weighted by atomic mass is 9.96. The van der Waals surface area contributed by atoms with Crippen molar-refractivity contribution in [2.24, 2.45) is 5.92 Å². The normalized spacial score (nSPS) is 12.4. The molecule has 0 aliphatic rings. The maximum absolute atomic E-state index is 10.3. The second-order valence-electron chi connectivity index (χ2n) is 4.43. The summed E-state index contributed by atoms with van der Waals surface area (Å²) in [5, 5.41) is 8.48. The summed E-state index contributed by atoms with van der Waals surface area (Å²) in [5.41, 5.74) is 0. The number of carboxylic acid groups (broad SMARTS) is 1. The Balaban J connectivity index is 3.66. The lowest BCUT2D eigenvalue weighted by Gasteiger charge is -2.15. The van der Waals surface area contributed by atoms with E-state index in [-0.39, 0.29) is 0 Å². The summed E-state index contributed by atoms with van der Waals surface area (Å²) in [6, 6.07) is 0. The third kappa shape index (κ3) is 9.81. The fraction of sp³-hybridized carbons (Fsp3) is 0.923. The molecule has 0 rings (SSSR count). The quantitative estimate of drug-likeness (QED) is 0.445. The molecule has 0 aliphatic carbocycles. The zero-order valence-corrected chi connectivity index (χ0v) is 10.7. The summed E-state index contributed by atoms with van der Waals surface area (Å²) in [6.45, 7) is 4.73. The molecule has 0 aliphatic heterocycles. The number of rotatable bonds is 10. The predicted molar refractivity (Wildman–Crippen MR) is 65.8 cm³/mol. The average molecular weight is 230 g/mol. The van der Waals surface area contributed by atoms with Gasteiger partial charge in [-0.1, -0.05) is 52.4 Å². The Morgan fingerprint density at radius 2 is 1.69 bits per heavy atom. The molecule has 0 spiro atoms. The first-order valence-corrected chi connectivity index (χ1v) is 6.56. The molecule has 1 unspecified atom stereocenters. The number of unbranched alkanes of at least 4 members (excludes halogenated alkanes) is 4. The summed E-state index contributed by atoms with van der Waals surface area (Å²) in [6.07, 6.45) is 8.36. The first kappa shape index (κ1) is 15.3. The maximum Gasteiger partial charge on any atom is 0.505 e. The minimum absolute atomic E-state index is 0.376. The van der Waals surface area contributed by atoms with Crippen molar-refractivity contribution in [2.45, 2.75) is 65.2 Å². The van der Waals surface area contributed by atoms with Crippen LogP contribution in [0.3, 0.4) is 0 Å². The summed E-state index contributed by atoms with van der Waals surface area (Å²) >= 11 is 0. The molecule has 0 fully saturated rings. The van der Waals surface area contributed by atoms with Gasteiger partial charge in [-0.05, 0) is 18.8 Å². The lowest BCUT2D eigenvalue weighted by molar-refractivity contribution is 0.0731. The van der Waals surface area contributed by atoms with Gasteiger partial charge in [-0.2, -0.15) is 0 Å². The fourth-order valence-corrected chi connectivity index (χ4v) is 1.85. The maximum atomic E-state index is 10.3. The first-order valence-electron chi connectivity index (χ1n) is 6.56. The Hall–Kier alpha value is -0.730. The van der Waals surface area contributed by atoms with Gasteiger partial charge in [0.15, 0.2) is 0 Å². The summed E-state index contributed by atoms with van der Waals surface area (Å²) in [5.74, 6) is 0.424. The van der Waals surface area contributed by atoms with Crippen LogP contribution in [-0.4, -0.2) is 17.9 Å². The monoisotopic (exact) mass is 230 g/mol. The van der Waals surface area contributed by atoms with Crippen LogP contribution >= 0.6 is 0 Å². The summed E-state index contributed by atoms with van der Waals surface area (Å²) < 4.78 is 4.67. The van der Waals surface area contributed by atoms with E-state index in [9.17, 15) is 4.79 Å². The molecule has 1 atom stereocenters. The molecule has 0 saturated heterocycles. The third-order valence-corrected chi connectivity index (χ3v) is 2.87. The van der Waals surface area contributed by atoms with Gasteiger partial charge in [0.25, 0.3) is 0 Å². The van der Waals surface area contributed by atoms with Crippen LogP contribution in [0.1, 0.15) is 65.2 Å². The second-order valence-corrected chi connectivity index (χ2v) is 4.43. The molecular weight excluding hydrogens is 204 g/mol. The zero-order chi connectivity index (χ0) is 12.2. The molecule has 16 heavy (non-hydrogen) atoms. The van der Waals surface area contributed by atoms with Gasteiger partial charge in [0.1, 0.15) is 0 Å². The number of hydrogen-bond acceptors (Lipinski definition) is 2. The Kier molecular flexibility index (Phi) is 10.3. The molecule has 0 radical (unpaired) electrons. The van der Waals surface area contributed by atoms with E-state index in [1.54, 1.807) is 0 Å². The molecule has 0 aromatic carbocycles. The average Bonchev–Trinajstić information content (AvgIpc) is 2.26. The predicted octanol–water partition coefficient (Wildman–Crippen LogP) is 4.46. The van der Waals surface area contributed by atoms with Gasteiger partial charge in [-0.15, -0.1) is 0 Å². The topological polar surface area (TPSA) is 46.5 Å². The fourth-order valence-electron chi connectivity index (χ4n) is 1.85. The second kappa shape index (κ2) is 10.8. The molecule has 0 amide bonds. The number of carbonyl (C=O) groups is 1. The minimum Gasteiger partial charge on any atom is -0.450 e. The van der Waals surface area contributed by atoms with Crippen molar-refractivity contribution in [2.75, 3.05) is 6.61 Å². The smallest absolute Gasteiger partial charge is 0.450 e. The summed E-state index contributed by atoms with van der Waals surface area (Å²) in [4.78, 5) is 10.3. The Bertz CT molecular complexity index is 169. The van der Waals surface area contributed by atoms with Gasteiger partial charge < -0.3 is 9.84 Å². The first-order chi connectivity index (χ1) is 7.70. The highest BCUT2D eigenvalue weighted by molar-refractivity contribution is 5.56. The van der Waals surface area contributed by atoms with Crippen LogP contribution in [0.2, 0.25) is 0 Å². The van der Waals surface area contributed by atoms with Gasteiger partial charge in [0.2, 0.25) is 0 Å². The Labute approximate surface area is 99.2 Å².